The SMILES string of the molecule is N#CC(/C=C/NC1COC1)=C/c1cc(Br)c[nH]1. The van der Waals surface area contributed by atoms with Gasteiger partial charge in [0.05, 0.1) is 30.9 Å². The van der Waals surface area contributed by atoms with Crippen LogP contribution in [-0.2, 0) is 4.74 Å². The molecule has 2 rings (SSSR count). The molecule has 0 unspecified atom stereocenters. The highest BCUT2D eigenvalue weighted by Gasteiger charge is 2.15. The predicted molar refractivity (Wildman–Crippen MR) is 69.0 cm³/mol. The van der Waals surface area contributed by atoms with Crippen molar-refractivity contribution in [3.8, 4) is 6.07 Å². The van der Waals surface area contributed by atoms with E-state index in [0.717, 1.165) is 23.4 Å². The molecule has 88 valence electrons. The summed E-state index contributed by atoms with van der Waals surface area (Å²) in [5, 5.41) is 12.1. The molecule has 1 aromatic heterocycles. The quantitative estimate of drug-likeness (QED) is 0.661. The van der Waals surface area contributed by atoms with Gasteiger partial charge in [0.25, 0.3) is 0 Å². The van der Waals surface area contributed by atoms with Crippen LogP contribution in [-0.4, -0.2) is 24.2 Å². The second kappa shape index (κ2) is 5.71. The van der Waals surface area contributed by atoms with Gasteiger partial charge in [0.15, 0.2) is 0 Å². The fourth-order valence-electron chi connectivity index (χ4n) is 1.36. The van der Waals surface area contributed by atoms with Crippen molar-refractivity contribution in [1.82, 2.24) is 10.3 Å². The maximum absolute atomic E-state index is 8.98. The molecule has 1 aliphatic rings. The minimum absolute atomic E-state index is 0.380. The van der Waals surface area contributed by atoms with Crippen LogP contribution < -0.4 is 5.32 Å². The minimum Gasteiger partial charge on any atom is -0.383 e. The Morgan fingerprint density at radius 3 is 3.00 bits per heavy atom. The topological polar surface area (TPSA) is 60.8 Å². The summed E-state index contributed by atoms with van der Waals surface area (Å²) >= 11 is 3.34. The number of nitrogens with zero attached hydrogens (tertiary/aromatic N) is 1. The smallest absolute Gasteiger partial charge is 0.0992 e. The van der Waals surface area contributed by atoms with Crippen molar-refractivity contribution in [2.75, 3.05) is 13.2 Å². The molecular formula is C12H12BrN3O. The molecule has 1 aromatic rings. The van der Waals surface area contributed by atoms with E-state index in [1.807, 2.05) is 12.3 Å². The number of ether oxygens (including phenoxy) is 1. The molecule has 2 heterocycles. The molecular weight excluding hydrogens is 282 g/mol. The Morgan fingerprint density at radius 1 is 1.65 bits per heavy atom. The van der Waals surface area contributed by atoms with Crippen molar-refractivity contribution in [3.05, 3.63) is 40.3 Å². The molecule has 4 nitrogen and oxygen atoms in total. The standard InChI is InChI=1S/C12H12BrN3O/c13-10-4-11(16-6-10)3-9(5-14)1-2-15-12-7-17-8-12/h1-4,6,12,15-16H,7-8H2/b2-1+,9-3+. The Balaban J connectivity index is 1.95. The fourth-order valence-corrected chi connectivity index (χ4v) is 1.72. The molecule has 0 aliphatic carbocycles. The summed E-state index contributed by atoms with van der Waals surface area (Å²) in [6.45, 7) is 1.47. The molecule has 0 aromatic carbocycles. The third-order valence-corrected chi connectivity index (χ3v) is 2.80. The number of H-pyrrole nitrogens is 1. The minimum atomic E-state index is 0.380. The zero-order valence-corrected chi connectivity index (χ0v) is 10.7. The lowest BCUT2D eigenvalue weighted by Gasteiger charge is -2.25. The van der Waals surface area contributed by atoms with Crippen molar-refractivity contribution >= 4 is 22.0 Å². The summed E-state index contributed by atoms with van der Waals surface area (Å²) < 4.78 is 6.00. The second-order valence-corrected chi connectivity index (χ2v) is 4.63. The Labute approximate surface area is 108 Å². The summed E-state index contributed by atoms with van der Waals surface area (Å²) in [7, 11) is 0. The molecule has 5 heteroatoms. The molecule has 17 heavy (non-hydrogen) atoms. The van der Waals surface area contributed by atoms with E-state index in [1.165, 1.54) is 0 Å². The zero-order chi connectivity index (χ0) is 12.1. The number of hydrogen-bond acceptors (Lipinski definition) is 3. The fraction of sp³-hybridized carbons (Fsp3) is 0.250. The Hall–Kier alpha value is -1.51. The number of rotatable bonds is 4. The van der Waals surface area contributed by atoms with Crippen LogP contribution >= 0.6 is 15.9 Å². The molecule has 0 saturated carbocycles. The summed E-state index contributed by atoms with van der Waals surface area (Å²) in [5.74, 6) is 0. The zero-order valence-electron chi connectivity index (χ0n) is 9.11. The predicted octanol–water partition coefficient (Wildman–Crippen LogP) is 2.19. The van der Waals surface area contributed by atoms with E-state index in [0.29, 0.717) is 11.6 Å². The first-order valence-electron chi connectivity index (χ1n) is 5.24. The van der Waals surface area contributed by atoms with Crippen LogP contribution in [0.1, 0.15) is 5.69 Å². The normalized spacial score (nSPS) is 16.8. The monoisotopic (exact) mass is 293 g/mol. The number of allylic oxidation sites excluding steroid dienone is 2. The molecule has 0 bridgehead atoms. The first-order chi connectivity index (χ1) is 8.28. The first kappa shape index (κ1) is 12.0. The van der Waals surface area contributed by atoms with Gasteiger partial charge in [-0.3, -0.25) is 0 Å². The lowest BCUT2D eigenvalue weighted by atomic mass is 10.2. The average molecular weight is 294 g/mol. The van der Waals surface area contributed by atoms with Crippen molar-refractivity contribution < 1.29 is 4.74 Å². The van der Waals surface area contributed by atoms with Gasteiger partial charge in [0.1, 0.15) is 0 Å². The largest absolute Gasteiger partial charge is 0.383 e. The Morgan fingerprint density at radius 2 is 2.47 bits per heavy atom. The Bertz CT molecular complexity index is 480. The van der Waals surface area contributed by atoms with Crippen molar-refractivity contribution in [2.24, 2.45) is 0 Å². The van der Waals surface area contributed by atoms with E-state index in [2.05, 4.69) is 32.3 Å². The molecule has 1 saturated heterocycles. The van der Waals surface area contributed by atoms with Gasteiger partial charge in [-0.05, 0) is 40.3 Å². The Kier molecular flexibility index (Phi) is 4.02. The van der Waals surface area contributed by atoms with Crippen molar-refractivity contribution in [3.63, 3.8) is 0 Å². The molecule has 2 N–H and O–H groups in total. The number of hydrogen-bond donors (Lipinski definition) is 2. The van der Waals surface area contributed by atoms with Crippen LogP contribution in [0, 0.1) is 11.3 Å². The number of aromatic amines is 1. The van der Waals surface area contributed by atoms with Crippen LogP contribution in [0.25, 0.3) is 6.08 Å². The number of halogens is 1. The van der Waals surface area contributed by atoms with E-state index in [1.54, 1.807) is 18.4 Å². The van der Waals surface area contributed by atoms with E-state index in [9.17, 15) is 0 Å². The van der Waals surface area contributed by atoms with Gasteiger partial charge in [-0.15, -0.1) is 0 Å². The van der Waals surface area contributed by atoms with Crippen LogP contribution in [0.4, 0.5) is 0 Å². The third kappa shape index (κ3) is 3.48. The maximum Gasteiger partial charge on any atom is 0.0992 e. The van der Waals surface area contributed by atoms with Gasteiger partial charge in [0.2, 0.25) is 0 Å². The van der Waals surface area contributed by atoms with E-state index >= 15 is 0 Å². The highest BCUT2D eigenvalue weighted by molar-refractivity contribution is 9.10. The van der Waals surface area contributed by atoms with Gasteiger partial charge >= 0.3 is 0 Å². The first-order valence-corrected chi connectivity index (χ1v) is 6.03. The lowest BCUT2D eigenvalue weighted by molar-refractivity contribution is 0.000768. The summed E-state index contributed by atoms with van der Waals surface area (Å²) in [6.07, 6.45) is 7.17. The summed E-state index contributed by atoms with van der Waals surface area (Å²) in [5.41, 5.74) is 1.48. The van der Waals surface area contributed by atoms with Crippen molar-refractivity contribution in [2.45, 2.75) is 6.04 Å². The average Bonchev–Trinajstić information content (AvgIpc) is 2.66. The van der Waals surface area contributed by atoms with Gasteiger partial charge in [-0.25, -0.2) is 0 Å². The molecule has 0 spiro atoms. The summed E-state index contributed by atoms with van der Waals surface area (Å²) in [6, 6.07) is 4.43. The highest BCUT2D eigenvalue weighted by Crippen LogP contribution is 2.13. The molecule has 0 radical (unpaired) electrons. The number of aromatic nitrogens is 1. The highest BCUT2D eigenvalue weighted by atomic mass is 79.9. The van der Waals surface area contributed by atoms with E-state index < -0.39 is 0 Å². The number of nitriles is 1. The van der Waals surface area contributed by atoms with E-state index in [4.69, 9.17) is 10.00 Å². The van der Waals surface area contributed by atoms with Crippen LogP contribution in [0.2, 0.25) is 0 Å². The molecule has 1 fully saturated rings. The van der Waals surface area contributed by atoms with Gasteiger partial charge in [0, 0.05) is 16.4 Å². The van der Waals surface area contributed by atoms with Crippen molar-refractivity contribution in [1.29, 1.82) is 5.26 Å². The molecule has 0 atom stereocenters. The second-order valence-electron chi connectivity index (χ2n) is 3.72. The van der Waals surface area contributed by atoms with Crippen LogP contribution in [0.5, 0.6) is 0 Å². The number of nitrogens with one attached hydrogen (secondary N) is 2. The van der Waals surface area contributed by atoms with Gasteiger partial charge < -0.3 is 15.0 Å². The van der Waals surface area contributed by atoms with Gasteiger partial charge in [-0.2, -0.15) is 5.26 Å². The van der Waals surface area contributed by atoms with Crippen LogP contribution in [0.3, 0.4) is 0 Å². The lowest BCUT2D eigenvalue weighted by Crippen LogP contribution is -2.43. The van der Waals surface area contributed by atoms with Crippen LogP contribution in [0.15, 0.2) is 34.6 Å². The maximum atomic E-state index is 8.98. The molecule has 0 amide bonds. The summed E-state index contributed by atoms with van der Waals surface area (Å²) in [4.78, 5) is 3.04. The van der Waals surface area contributed by atoms with E-state index in [-0.39, 0.29) is 0 Å². The molecule has 1 aliphatic heterocycles. The van der Waals surface area contributed by atoms with Gasteiger partial charge in [-0.1, -0.05) is 0 Å². The third-order valence-electron chi connectivity index (χ3n) is 2.34.